The van der Waals surface area contributed by atoms with E-state index in [1.165, 1.54) is 6.92 Å². The zero-order valence-corrected chi connectivity index (χ0v) is 10.5. The minimum atomic E-state index is 0.0549. The highest BCUT2D eigenvalue weighted by molar-refractivity contribution is 5.94. The topological polar surface area (TPSA) is 49.4 Å². The summed E-state index contributed by atoms with van der Waals surface area (Å²) < 4.78 is 0. The zero-order chi connectivity index (χ0) is 12.8. The number of ketones is 1. The standard InChI is InChI=1S/C13H18N2O2/c1-10(16)11-4-6-12(7-5-11)14-9-8-13(17)15(2)3/h4-7,14H,8-9H2,1-3H3. The molecule has 4 nitrogen and oxygen atoms in total. The molecule has 0 bridgehead atoms. The van der Waals surface area contributed by atoms with Crippen molar-refractivity contribution in [1.29, 1.82) is 0 Å². The summed E-state index contributed by atoms with van der Waals surface area (Å²) >= 11 is 0. The van der Waals surface area contributed by atoms with Gasteiger partial charge < -0.3 is 10.2 Å². The minimum absolute atomic E-state index is 0.0549. The van der Waals surface area contributed by atoms with Crippen molar-refractivity contribution in [2.24, 2.45) is 0 Å². The van der Waals surface area contributed by atoms with Crippen LogP contribution in [0.3, 0.4) is 0 Å². The van der Waals surface area contributed by atoms with Crippen molar-refractivity contribution in [1.82, 2.24) is 4.90 Å². The Hall–Kier alpha value is -1.84. The molecule has 1 amide bonds. The maximum Gasteiger partial charge on any atom is 0.223 e. The number of carbonyl (C=O) groups excluding carboxylic acids is 2. The minimum Gasteiger partial charge on any atom is -0.385 e. The largest absolute Gasteiger partial charge is 0.385 e. The van der Waals surface area contributed by atoms with Crippen molar-refractivity contribution in [3.8, 4) is 0 Å². The first kappa shape index (κ1) is 13.2. The molecule has 1 N–H and O–H groups in total. The summed E-state index contributed by atoms with van der Waals surface area (Å²) in [6.07, 6.45) is 0.460. The average molecular weight is 234 g/mol. The van der Waals surface area contributed by atoms with Gasteiger partial charge >= 0.3 is 0 Å². The highest BCUT2D eigenvalue weighted by atomic mass is 16.2. The van der Waals surface area contributed by atoms with Crippen LogP contribution >= 0.6 is 0 Å². The lowest BCUT2D eigenvalue weighted by Crippen LogP contribution is -2.23. The molecule has 0 aromatic heterocycles. The molecule has 92 valence electrons. The van der Waals surface area contributed by atoms with Crippen molar-refractivity contribution in [2.45, 2.75) is 13.3 Å². The van der Waals surface area contributed by atoms with Crippen LogP contribution in [0, 0.1) is 0 Å². The maximum absolute atomic E-state index is 11.3. The second kappa shape index (κ2) is 6.03. The van der Waals surface area contributed by atoms with Gasteiger partial charge in [-0.1, -0.05) is 0 Å². The van der Waals surface area contributed by atoms with Crippen molar-refractivity contribution < 1.29 is 9.59 Å². The maximum atomic E-state index is 11.3. The molecule has 0 aliphatic carbocycles. The Bertz CT molecular complexity index is 396. The Morgan fingerprint density at radius 1 is 1.18 bits per heavy atom. The number of amides is 1. The first-order valence-electron chi connectivity index (χ1n) is 5.55. The van der Waals surface area contributed by atoms with Crippen LogP contribution in [0.1, 0.15) is 23.7 Å². The molecule has 1 aromatic rings. The molecular weight excluding hydrogens is 216 g/mol. The summed E-state index contributed by atoms with van der Waals surface area (Å²) in [5.41, 5.74) is 1.61. The molecular formula is C13H18N2O2. The number of hydrogen-bond donors (Lipinski definition) is 1. The lowest BCUT2D eigenvalue weighted by molar-refractivity contribution is -0.128. The summed E-state index contributed by atoms with van der Waals surface area (Å²) in [5, 5.41) is 3.14. The van der Waals surface area contributed by atoms with Crippen LogP contribution < -0.4 is 5.32 Å². The third kappa shape index (κ3) is 4.26. The molecule has 0 radical (unpaired) electrons. The van der Waals surface area contributed by atoms with E-state index in [9.17, 15) is 9.59 Å². The van der Waals surface area contributed by atoms with E-state index in [1.807, 2.05) is 12.1 Å². The van der Waals surface area contributed by atoms with Crippen molar-refractivity contribution >= 4 is 17.4 Å². The van der Waals surface area contributed by atoms with Gasteiger partial charge in [-0.05, 0) is 31.2 Å². The molecule has 0 aliphatic heterocycles. The Morgan fingerprint density at radius 2 is 1.76 bits per heavy atom. The fraction of sp³-hybridized carbons (Fsp3) is 0.385. The second-order valence-electron chi connectivity index (χ2n) is 4.10. The fourth-order valence-electron chi connectivity index (χ4n) is 1.36. The normalized spacial score (nSPS) is 9.82. The van der Waals surface area contributed by atoms with Crippen LogP contribution in [-0.2, 0) is 4.79 Å². The predicted octanol–water partition coefficient (Wildman–Crippen LogP) is 1.78. The smallest absolute Gasteiger partial charge is 0.223 e. The Labute approximate surface area is 102 Å². The third-order valence-corrected chi connectivity index (χ3v) is 2.46. The van der Waals surface area contributed by atoms with Gasteiger partial charge in [0.1, 0.15) is 0 Å². The van der Waals surface area contributed by atoms with E-state index in [0.717, 1.165) is 5.69 Å². The SMILES string of the molecule is CC(=O)c1ccc(NCCC(=O)N(C)C)cc1. The molecule has 0 unspecified atom stereocenters. The van der Waals surface area contributed by atoms with Gasteiger partial charge in [0.2, 0.25) is 5.91 Å². The average Bonchev–Trinajstić information content (AvgIpc) is 2.29. The Kier molecular flexibility index (Phi) is 4.69. The Balaban J connectivity index is 2.42. The first-order chi connectivity index (χ1) is 8.00. The summed E-state index contributed by atoms with van der Waals surface area (Å²) in [5.74, 6) is 0.150. The van der Waals surface area contributed by atoms with Crippen LogP contribution in [0.4, 0.5) is 5.69 Å². The van der Waals surface area contributed by atoms with E-state index < -0.39 is 0 Å². The Morgan fingerprint density at radius 3 is 2.24 bits per heavy atom. The van der Waals surface area contributed by atoms with Gasteiger partial charge in [0.05, 0.1) is 0 Å². The monoisotopic (exact) mass is 234 g/mol. The number of nitrogens with zero attached hydrogens (tertiary/aromatic N) is 1. The highest BCUT2D eigenvalue weighted by Gasteiger charge is 2.03. The summed E-state index contributed by atoms with van der Waals surface area (Å²) in [6, 6.07) is 7.24. The molecule has 4 heteroatoms. The van der Waals surface area contributed by atoms with Gasteiger partial charge in [0.25, 0.3) is 0 Å². The predicted molar refractivity (Wildman–Crippen MR) is 68.2 cm³/mol. The van der Waals surface area contributed by atoms with Gasteiger partial charge in [-0.25, -0.2) is 0 Å². The van der Waals surface area contributed by atoms with E-state index >= 15 is 0 Å². The van der Waals surface area contributed by atoms with E-state index in [0.29, 0.717) is 18.5 Å². The number of hydrogen-bond acceptors (Lipinski definition) is 3. The van der Waals surface area contributed by atoms with E-state index in [4.69, 9.17) is 0 Å². The van der Waals surface area contributed by atoms with Crippen LogP contribution in [-0.4, -0.2) is 37.2 Å². The van der Waals surface area contributed by atoms with Gasteiger partial charge in [-0.2, -0.15) is 0 Å². The van der Waals surface area contributed by atoms with Crippen LogP contribution in [0.15, 0.2) is 24.3 Å². The summed E-state index contributed by atoms with van der Waals surface area (Å²) in [7, 11) is 3.48. The fourth-order valence-corrected chi connectivity index (χ4v) is 1.36. The van der Waals surface area contributed by atoms with Gasteiger partial charge in [-0.3, -0.25) is 9.59 Å². The number of nitrogens with one attached hydrogen (secondary N) is 1. The molecule has 0 atom stereocenters. The molecule has 0 saturated carbocycles. The van der Waals surface area contributed by atoms with E-state index in [2.05, 4.69) is 5.32 Å². The number of benzene rings is 1. The molecule has 0 spiro atoms. The number of carbonyl (C=O) groups is 2. The zero-order valence-electron chi connectivity index (χ0n) is 10.5. The molecule has 1 rings (SSSR count). The van der Waals surface area contributed by atoms with Crippen LogP contribution in [0.2, 0.25) is 0 Å². The molecule has 0 saturated heterocycles. The molecule has 0 aliphatic rings. The molecule has 0 fully saturated rings. The number of Topliss-reactive ketones (excluding diaryl/α,β-unsaturated/α-hetero) is 1. The van der Waals surface area contributed by atoms with Crippen molar-refractivity contribution in [3.63, 3.8) is 0 Å². The van der Waals surface area contributed by atoms with Crippen LogP contribution in [0.25, 0.3) is 0 Å². The summed E-state index contributed by atoms with van der Waals surface area (Å²) in [6.45, 7) is 2.13. The molecule has 0 heterocycles. The molecule has 17 heavy (non-hydrogen) atoms. The lowest BCUT2D eigenvalue weighted by Gasteiger charge is -2.11. The van der Waals surface area contributed by atoms with Gasteiger partial charge in [0.15, 0.2) is 5.78 Å². The van der Waals surface area contributed by atoms with Gasteiger partial charge in [-0.15, -0.1) is 0 Å². The van der Waals surface area contributed by atoms with E-state index in [-0.39, 0.29) is 11.7 Å². The highest BCUT2D eigenvalue weighted by Crippen LogP contribution is 2.09. The first-order valence-corrected chi connectivity index (χ1v) is 5.55. The van der Waals surface area contributed by atoms with E-state index in [1.54, 1.807) is 31.1 Å². The number of rotatable bonds is 5. The number of anilines is 1. The van der Waals surface area contributed by atoms with Crippen molar-refractivity contribution in [3.05, 3.63) is 29.8 Å². The lowest BCUT2D eigenvalue weighted by atomic mass is 10.1. The second-order valence-corrected chi connectivity index (χ2v) is 4.10. The van der Waals surface area contributed by atoms with Crippen LogP contribution in [0.5, 0.6) is 0 Å². The van der Waals surface area contributed by atoms with Gasteiger partial charge in [0, 0.05) is 38.3 Å². The third-order valence-electron chi connectivity index (χ3n) is 2.46. The summed E-state index contributed by atoms with van der Waals surface area (Å²) in [4.78, 5) is 24.0. The molecule has 1 aromatic carbocycles. The quantitative estimate of drug-likeness (QED) is 0.790. The van der Waals surface area contributed by atoms with Crippen molar-refractivity contribution in [2.75, 3.05) is 26.0 Å².